The predicted octanol–water partition coefficient (Wildman–Crippen LogP) is -4.87. The topological polar surface area (TPSA) is 121 Å². The van der Waals surface area contributed by atoms with E-state index in [1.165, 1.54) is 0 Å². The van der Waals surface area contributed by atoms with Crippen LogP contribution in [0.3, 0.4) is 0 Å². The number of hydrogen-bond donors (Lipinski definition) is 0. The van der Waals surface area contributed by atoms with Gasteiger partial charge < -0.3 is 18.6 Å². The Hall–Kier alpha value is 0.380. The number of halogens is 2. The van der Waals surface area contributed by atoms with Crippen LogP contribution in [-0.2, 0) is 5.48 Å². The molecule has 7 heteroatoms. The minimum absolute atomic E-state index is 0. The van der Waals surface area contributed by atoms with Gasteiger partial charge in [-0.3, -0.25) is 0 Å². The van der Waals surface area contributed by atoms with Gasteiger partial charge in [-0.25, -0.2) is 0 Å². The summed E-state index contributed by atoms with van der Waals surface area (Å²) in [5.41, 5.74) is 0. The van der Waals surface area contributed by atoms with Gasteiger partial charge in [0.05, 0.1) is 22.7 Å². The monoisotopic (exact) mass is 150 g/mol. The first-order valence-electron chi connectivity index (χ1n) is 0.617. The van der Waals surface area contributed by atoms with E-state index in [9.17, 15) is 0 Å². The molecule has 0 aliphatic carbocycles. The molecule has 0 aromatic carbocycles. The Bertz CT molecular complexity index is 8.04. The normalized spacial score (nSPS) is 5.14. The average molecular weight is 151 g/mol. The lowest BCUT2D eigenvalue weighted by atomic mass is 15.9. The molecule has 0 fully saturated rings. The highest BCUT2D eigenvalue weighted by Crippen LogP contribution is 0.943. The van der Waals surface area contributed by atoms with Crippen molar-refractivity contribution < 1.29 is 46.8 Å². The van der Waals surface area contributed by atoms with Crippen LogP contribution in [0.15, 0.2) is 0 Å². The predicted molar refractivity (Wildman–Crippen MR) is 0.686 cm³/mol. The van der Waals surface area contributed by atoms with E-state index in [2.05, 4.69) is 0 Å². The van der Waals surface area contributed by atoms with Crippen molar-refractivity contribution in [3.05, 3.63) is 0 Å². The van der Waals surface area contributed by atoms with E-state index in [0.29, 0.717) is 0 Å². The van der Waals surface area contributed by atoms with Gasteiger partial charge in [-0.15, -0.1) is 0 Å². The zero-order valence-electron chi connectivity index (χ0n) is 2.80. The summed E-state index contributed by atoms with van der Waals surface area (Å²) in [6, 6.07) is 0. The van der Waals surface area contributed by atoms with E-state index < -0.39 is 22.7 Å². The third kappa shape index (κ3) is 848. The van der Waals surface area contributed by atoms with Crippen molar-refractivity contribution in [1.29, 1.82) is 0 Å². The van der Waals surface area contributed by atoms with Crippen molar-refractivity contribution in [2.75, 3.05) is 0 Å². The van der Waals surface area contributed by atoms with Crippen LogP contribution in [0.1, 0.15) is 0 Å². The Morgan fingerprint density at radius 1 is 0.714 bits per heavy atom. The summed E-state index contributed by atoms with van der Waals surface area (Å²) in [6.07, 6.45) is 0. The largest absolute Gasteiger partial charge is 2.00 e. The molecule has 0 spiro atoms. The van der Waals surface area contributed by atoms with Gasteiger partial charge in [0.1, 0.15) is 0 Å². The summed E-state index contributed by atoms with van der Waals surface area (Å²) in [5.74, 6) is 0. The summed E-state index contributed by atoms with van der Waals surface area (Å²) < 4.78 is 32.9. The number of hydrogen-bond acceptors (Lipinski definition) is 4. The molecule has 0 rings (SSSR count). The molecule has 0 aliphatic rings. The van der Waals surface area contributed by atoms with E-state index in [1.54, 1.807) is 0 Å². The quantitative estimate of drug-likeness (QED) is 0.344. The fourth-order valence-corrected chi connectivity index (χ4v) is 0. The first-order chi connectivity index (χ1) is 2.83. The summed E-state index contributed by atoms with van der Waals surface area (Å²) in [6.45, 7) is 0. The van der Waals surface area contributed by atoms with Crippen molar-refractivity contribution in [2.24, 2.45) is 0 Å². The standard InChI is InChI=1S/2ClO2.O/c2*2-1-3;/q2*-1;+2. The van der Waals surface area contributed by atoms with Gasteiger partial charge in [-0.1, -0.05) is 0 Å². The highest BCUT2D eigenvalue weighted by Gasteiger charge is 2.00. The molecule has 0 aromatic heterocycles. The van der Waals surface area contributed by atoms with Crippen LogP contribution in [-0.4, -0.2) is 0 Å². The van der Waals surface area contributed by atoms with Crippen molar-refractivity contribution in [3.63, 3.8) is 0 Å². The maximum Gasteiger partial charge on any atom is 2.00 e. The molecule has 0 saturated heterocycles. The summed E-state index contributed by atoms with van der Waals surface area (Å²) in [4.78, 5) is 0. The van der Waals surface area contributed by atoms with Crippen molar-refractivity contribution in [3.8, 4) is 0 Å². The molecule has 5 nitrogen and oxygen atoms in total. The van der Waals surface area contributed by atoms with Gasteiger partial charge in [0.2, 0.25) is 0 Å². The number of rotatable bonds is 0. The average Bonchev–Trinajstić information content (AvgIpc) is 1.39. The highest BCUT2D eigenvalue weighted by molar-refractivity contribution is 1.42. The zero-order chi connectivity index (χ0) is 5.41. The van der Waals surface area contributed by atoms with Crippen molar-refractivity contribution in [1.82, 2.24) is 0 Å². The zero-order valence-corrected chi connectivity index (χ0v) is 4.31. The molecular weight excluding hydrogens is 151 g/mol. The van der Waals surface area contributed by atoms with Gasteiger partial charge in [0.15, 0.2) is 0 Å². The minimum atomic E-state index is -0.417. The summed E-state index contributed by atoms with van der Waals surface area (Å²) >= 11 is -0.833. The van der Waals surface area contributed by atoms with Crippen LogP contribution >= 0.6 is 0 Å². The van der Waals surface area contributed by atoms with Crippen LogP contribution in [0.2, 0.25) is 0 Å². The second kappa shape index (κ2) is 32.6. The van der Waals surface area contributed by atoms with Gasteiger partial charge in [0, 0.05) is 0 Å². The van der Waals surface area contributed by atoms with Crippen LogP contribution in [0.5, 0.6) is 0 Å². The van der Waals surface area contributed by atoms with Crippen molar-refractivity contribution >= 4 is 0 Å². The molecule has 0 bridgehead atoms. The Labute approximate surface area is 47.6 Å². The van der Waals surface area contributed by atoms with Crippen molar-refractivity contribution in [2.45, 2.75) is 0 Å². The molecule has 7 heavy (non-hydrogen) atoms. The van der Waals surface area contributed by atoms with E-state index in [1.807, 2.05) is 0 Å². The first kappa shape index (κ1) is 15.7. The minimum Gasteiger partial charge on any atom is -0.544 e. The van der Waals surface area contributed by atoms with E-state index in [0.717, 1.165) is 0 Å². The molecule has 44 valence electrons. The molecule has 0 atom stereocenters. The molecule has 0 amide bonds. The van der Waals surface area contributed by atoms with Crippen LogP contribution in [0, 0.1) is 22.7 Å². The molecule has 0 heterocycles. The Kier molecular flexibility index (Phi) is 72.9. The fourth-order valence-electron chi connectivity index (χ4n) is 0. The molecule has 0 aliphatic heterocycles. The van der Waals surface area contributed by atoms with Gasteiger partial charge in [-0.2, -0.15) is 0 Å². The fraction of sp³-hybridized carbons (Fsp3) is 0. The Morgan fingerprint density at radius 2 is 0.714 bits per heavy atom. The third-order valence-corrected chi connectivity index (χ3v) is 0. The first-order valence-corrected chi connectivity index (χ1v) is 1.85. The Balaban J connectivity index is -0.0000000400. The smallest absolute Gasteiger partial charge is 0.544 e. The van der Waals surface area contributed by atoms with E-state index in [-0.39, 0.29) is 5.48 Å². The maximum absolute atomic E-state index is 8.24. The second-order valence-electron chi connectivity index (χ2n) is 0.126. The third-order valence-electron chi connectivity index (χ3n) is 0. The van der Waals surface area contributed by atoms with Crippen LogP contribution in [0.25, 0.3) is 0 Å². The molecule has 0 unspecified atom stereocenters. The lowest BCUT2D eigenvalue weighted by molar-refractivity contribution is -1.41. The lowest BCUT2D eigenvalue weighted by Gasteiger charge is -1.68. The second-order valence-corrected chi connectivity index (χ2v) is 0.378. The van der Waals surface area contributed by atoms with E-state index in [4.69, 9.17) is 18.6 Å². The summed E-state index contributed by atoms with van der Waals surface area (Å²) in [7, 11) is 0. The summed E-state index contributed by atoms with van der Waals surface area (Å²) in [5, 5.41) is 0. The van der Waals surface area contributed by atoms with Crippen LogP contribution < -0.4 is 18.6 Å². The molecule has 0 saturated carbocycles. The van der Waals surface area contributed by atoms with Crippen LogP contribution in [0.4, 0.5) is 0 Å². The highest BCUT2D eigenvalue weighted by atomic mass is 35.6. The molecular formula is Cl2O5. The molecule has 4 radical (unpaired) electrons. The van der Waals surface area contributed by atoms with Gasteiger partial charge in [0.25, 0.3) is 0 Å². The SMILES string of the molecule is [O+2].[O-][Cl+][O-].[O-][Cl+][O-]. The molecule has 0 N–H and O–H groups in total. The Morgan fingerprint density at radius 3 is 0.714 bits per heavy atom. The van der Waals surface area contributed by atoms with Gasteiger partial charge >= 0.3 is 5.48 Å². The van der Waals surface area contributed by atoms with Gasteiger partial charge in [-0.05, 0) is 0 Å². The lowest BCUT2D eigenvalue weighted by Crippen LogP contribution is -2.13. The van der Waals surface area contributed by atoms with E-state index >= 15 is 0 Å². The molecule has 0 aromatic rings. The maximum atomic E-state index is 8.24.